The summed E-state index contributed by atoms with van der Waals surface area (Å²) in [6, 6.07) is 15.1. The van der Waals surface area contributed by atoms with E-state index in [9.17, 15) is 0 Å². The average molecular weight is 474 g/mol. The summed E-state index contributed by atoms with van der Waals surface area (Å²) in [6.45, 7) is 5.15. The fourth-order valence-corrected chi connectivity index (χ4v) is 3.94. The van der Waals surface area contributed by atoms with Crippen molar-refractivity contribution in [3.8, 4) is 22.6 Å². The molecule has 0 radical (unpaired) electrons. The molecule has 0 amide bonds. The SMILES string of the molecule is Nc1ncc(-c2cccc(OCCN3CCOCC3)c2)cc1OCc1c(Cl)cccc1Cl. The van der Waals surface area contributed by atoms with Gasteiger partial charge in [0.25, 0.3) is 0 Å². The number of anilines is 1. The van der Waals surface area contributed by atoms with Crippen LogP contribution in [0.1, 0.15) is 5.56 Å². The summed E-state index contributed by atoms with van der Waals surface area (Å²) in [4.78, 5) is 6.63. The number of aromatic nitrogens is 1. The third kappa shape index (κ3) is 5.84. The molecule has 3 aromatic rings. The van der Waals surface area contributed by atoms with E-state index in [0.717, 1.165) is 49.7 Å². The van der Waals surface area contributed by atoms with E-state index < -0.39 is 0 Å². The highest BCUT2D eigenvalue weighted by Gasteiger charge is 2.12. The number of hydrogen-bond acceptors (Lipinski definition) is 6. The smallest absolute Gasteiger partial charge is 0.166 e. The van der Waals surface area contributed by atoms with Crippen molar-refractivity contribution < 1.29 is 14.2 Å². The van der Waals surface area contributed by atoms with Crippen LogP contribution >= 0.6 is 23.2 Å². The van der Waals surface area contributed by atoms with Crippen LogP contribution < -0.4 is 15.2 Å². The lowest BCUT2D eigenvalue weighted by molar-refractivity contribution is 0.0322. The number of rotatable bonds is 8. The van der Waals surface area contributed by atoms with Crippen LogP contribution in [-0.4, -0.2) is 49.3 Å². The molecule has 1 aliphatic heterocycles. The molecule has 0 bridgehead atoms. The first kappa shape index (κ1) is 22.7. The summed E-state index contributed by atoms with van der Waals surface area (Å²) in [5, 5.41) is 1.09. The Kier molecular flexibility index (Phi) is 7.71. The molecule has 6 nitrogen and oxygen atoms in total. The second-order valence-electron chi connectivity index (χ2n) is 7.43. The highest BCUT2D eigenvalue weighted by Crippen LogP contribution is 2.31. The van der Waals surface area contributed by atoms with Gasteiger partial charge in [-0.3, -0.25) is 4.90 Å². The first-order chi connectivity index (χ1) is 15.6. The van der Waals surface area contributed by atoms with Gasteiger partial charge in [0.2, 0.25) is 0 Å². The molecule has 4 rings (SSSR count). The van der Waals surface area contributed by atoms with E-state index in [1.165, 1.54) is 0 Å². The Morgan fingerprint density at radius 3 is 2.50 bits per heavy atom. The van der Waals surface area contributed by atoms with E-state index in [0.29, 0.717) is 33.8 Å². The molecule has 0 saturated carbocycles. The zero-order valence-electron chi connectivity index (χ0n) is 17.6. The average Bonchev–Trinajstić information content (AvgIpc) is 2.81. The van der Waals surface area contributed by atoms with Crippen LogP contribution in [0.25, 0.3) is 11.1 Å². The van der Waals surface area contributed by atoms with Gasteiger partial charge in [-0.1, -0.05) is 41.4 Å². The molecule has 32 heavy (non-hydrogen) atoms. The number of ether oxygens (including phenoxy) is 3. The molecule has 8 heteroatoms. The van der Waals surface area contributed by atoms with Gasteiger partial charge in [-0.2, -0.15) is 0 Å². The normalized spacial score (nSPS) is 14.3. The Balaban J connectivity index is 1.42. The Bertz CT molecular complexity index is 1040. The van der Waals surface area contributed by atoms with Crippen molar-refractivity contribution >= 4 is 29.0 Å². The Labute approximate surface area is 197 Å². The van der Waals surface area contributed by atoms with Crippen molar-refractivity contribution in [3.63, 3.8) is 0 Å². The minimum Gasteiger partial charge on any atom is -0.492 e. The Morgan fingerprint density at radius 1 is 0.969 bits per heavy atom. The molecule has 168 valence electrons. The summed E-state index contributed by atoms with van der Waals surface area (Å²) >= 11 is 12.5. The number of benzene rings is 2. The molecule has 0 atom stereocenters. The van der Waals surface area contributed by atoms with E-state index in [4.69, 9.17) is 43.1 Å². The van der Waals surface area contributed by atoms with Crippen molar-refractivity contribution in [2.45, 2.75) is 6.61 Å². The minimum atomic E-state index is 0.193. The summed E-state index contributed by atoms with van der Waals surface area (Å²) in [7, 11) is 0. The fourth-order valence-electron chi connectivity index (χ4n) is 3.43. The number of nitrogens with two attached hydrogens (primary N) is 1. The highest BCUT2D eigenvalue weighted by molar-refractivity contribution is 6.35. The lowest BCUT2D eigenvalue weighted by Crippen LogP contribution is -2.38. The van der Waals surface area contributed by atoms with E-state index in [2.05, 4.69) is 9.88 Å². The molecule has 1 saturated heterocycles. The summed E-state index contributed by atoms with van der Waals surface area (Å²) < 4.78 is 17.3. The molecule has 1 fully saturated rings. The van der Waals surface area contributed by atoms with Gasteiger partial charge in [0.1, 0.15) is 19.0 Å². The van der Waals surface area contributed by atoms with Gasteiger partial charge in [-0.05, 0) is 35.9 Å². The lowest BCUT2D eigenvalue weighted by atomic mass is 10.1. The summed E-state index contributed by atoms with van der Waals surface area (Å²) in [6.07, 6.45) is 1.72. The first-order valence-electron chi connectivity index (χ1n) is 10.4. The molecule has 1 aromatic heterocycles. The van der Waals surface area contributed by atoms with E-state index in [1.54, 1.807) is 24.4 Å². The molecular formula is C24H25Cl2N3O3. The standard InChI is InChI=1S/C24H25Cl2N3O3/c25-21-5-2-6-22(26)20(21)16-32-23-14-18(15-28-24(23)27)17-3-1-4-19(13-17)31-12-9-29-7-10-30-11-8-29/h1-6,13-15H,7-12,16H2,(H2,27,28). The molecule has 0 unspecified atom stereocenters. The van der Waals surface area contributed by atoms with E-state index in [1.807, 2.05) is 30.3 Å². The number of nitrogens with zero attached hydrogens (tertiary/aromatic N) is 2. The molecule has 0 spiro atoms. The van der Waals surface area contributed by atoms with Crippen molar-refractivity contribution in [1.82, 2.24) is 9.88 Å². The second-order valence-corrected chi connectivity index (χ2v) is 8.24. The Morgan fingerprint density at radius 2 is 1.72 bits per heavy atom. The monoisotopic (exact) mass is 473 g/mol. The fraction of sp³-hybridized carbons (Fsp3) is 0.292. The van der Waals surface area contributed by atoms with Crippen LogP contribution in [-0.2, 0) is 11.3 Å². The number of morpholine rings is 1. The van der Waals surface area contributed by atoms with Gasteiger partial charge in [0, 0.05) is 47.0 Å². The van der Waals surface area contributed by atoms with Gasteiger partial charge in [-0.15, -0.1) is 0 Å². The van der Waals surface area contributed by atoms with Gasteiger partial charge in [0.15, 0.2) is 11.6 Å². The maximum Gasteiger partial charge on any atom is 0.166 e. The molecule has 2 N–H and O–H groups in total. The van der Waals surface area contributed by atoms with E-state index in [-0.39, 0.29) is 6.61 Å². The van der Waals surface area contributed by atoms with Crippen LogP contribution in [0.15, 0.2) is 54.7 Å². The zero-order valence-corrected chi connectivity index (χ0v) is 19.1. The minimum absolute atomic E-state index is 0.193. The second kappa shape index (κ2) is 10.9. The van der Waals surface area contributed by atoms with Crippen molar-refractivity contribution in [3.05, 3.63) is 70.3 Å². The van der Waals surface area contributed by atoms with Crippen molar-refractivity contribution in [1.29, 1.82) is 0 Å². The largest absolute Gasteiger partial charge is 0.492 e. The van der Waals surface area contributed by atoms with Crippen molar-refractivity contribution in [2.24, 2.45) is 0 Å². The van der Waals surface area contributed by atoms with Crippen LogP contribution in [0.4, 0.5) is 5.82 Å². The third-order valence-corrected chi connectivity index (χ3v) is 5.97. The number of hydrogen-bond donors (Lipinski definition) is 1. The number of pyridine rings is 1. The van der Waals surface area contributed by atoms with Crippen molar-refractivity contribution in [2.75, 3.05) is 45.2 Å². The zero-order chi connectivity index (χ0) is 22.3. The molecule has 2 aromatic carbocycles. The van der Waals surface area contributed by atoms with E-state index >= 15 is 0 Å². The van der Waals surface area contributed by atoms with Crippen LogP contribution in [0.3, 0.4) is 0 Å². The van der Waals surface area contributed by atoms with Crippen LogP contribution in [0, 0.1) is 0 Å². The predicted molar refractivity (Wildman–Crippen MR) is 128 cm³/mol. The summed E-state index contributed by atoms with van der Waals surface area (Å²) in [5.41, 5.74) is 8.57. The van der Waals surface area contributed by atoms with Crippen LogP contribution in [0.2, 0.25) is 10.0 Å². The molecular weight excluding hydrogens is 449 g/mol. The first-order valence-corrected chi connectivity index (χ1v) is 11.2. The van der Waals surface area contributed by atoms with Gasteiger partial charge in [-0.25, -0.2) is 4.98 Å². The number of nitrogen functional groups attached to an aromatic ring is 1. The topological polar surface area (TPSA) is 69.8 Å². The summed E-state index contributed by atoms with van der Waals surface area (Å²) in [5.74, 6) is 1.57. The quantitative estimate of drug-likeness (QED) is 0.500. The lowest BCUT2D eigenvalue weighted by Gasteiger charge is -2.26. The maximum absolute atomic E-state index is 6.24. The molecule has 1 aliphatic rings. The maximum atomic E-state index is 6.24. The number of halogens is 2. The predicted octanol–water partition coefficient (Wildman–Crippen LogP) is 4.93. The Hall–Kier alpha value is -2.51. The van der Waals surface area contributed by atoms with Crippen LogP contribution in [0.5, 0.6) is 11.5 Å². The molecule has 0 aliphatic carbocycles. The third-order valence-electron chi connectivity index (χ3n) is 5.26. The molecule has 2 heterocycles. The van der Waals surface area contributed by atoms with Gasteiger partial charge < -0.3 is 19.9 Å². The highest BCUT2D eigenvalue weighted by atomic mass is 35.5. The van der Waals surface area contributed by atoms with Gasteiger partial charge >= 0.3 is 0 Å². The van der Waals surface area contributed by atoms with Gasteiger partial charge in [0.05, 0.1) is 13.2 Å².